The van der Waals surface area contributed by atoms with Gasteiger partial charge in [-0.1, -0.05) is 0 Å². The average molecular weight is 409 g/mol. The highest BCUT2D eigenvalue weighted by Crippen LogP contribution is 2.30. The van der Waals surface area contributed by atoms with Gasteiger partial charge < -0.3 is 21.1 Å². The summed E-state index contributed by atoms with van der Waals surface area (Å²) in [6.45, 7) is 0. The summed E-state index contributed by atoms with van der Waals surface area (Å²) in [6, 6.07) is 7.73. The minimum absolute atomic E-state index is 0.0613. The van der Waals surface area contributed by atoms with Crippen molar-refractivity contribution in [3.63, 3.8) is 0 Å². The number of hydrogen-bond acceptors (Lipinski definition) is 6. The smallest absolute Gasteiger partial charge is 0.251 e. The van der Waals surface area contributed by atoms with Crippen LogP contribution in [0.25, 0.3) is 11.0 Å². The summed E-state index contributed by atoms with van der Waals surface area (Å²) in [5.74, 6) is -4.36. The summed E-state index contributed by atoms with van der Waals surface area (Å²) in [5, 5.41) is 12.6. The van der Waals surface area contributed by atoms with Crippen molar-refractivity contribution < 1.29 is 23.5 Å². The number of nitrogens with one attached hydrogen (secondary N) is 2. The minimum atomic E-state index is -1.34. The number of carbonyl (C=O) groups is 2. The van der Waals surface area contributed by atoms with Crippen molar-refractivity contribution in [1.82, 2.24) is 15.0 Å². The molecule has 4 rings (SSSR count). The second kappa shape index (κ2) is 7.24. The molecule has 0 aliphatic heterocycles. The number of anilines is 2. The van der Waals surface area contributed by atoms with E-state index < -0.39 is 34.5 Å². The van der Waals surface area contributed by atoms with Crippen LogP contribution in [-0.4, -0.2) is 31.7 Å². The van der Waals surface area contributed by atoms with E-state index in [1.165, 1.54) is 24.7 Å². The maximum absolute atomic E-state index is 14.7. The molecule has 2 aromatic heterocycles. The maximum atomic E-state index is 14.7. The topological polar surface area (TPSA) is 134 Å². The van der Waals surface area contributed by atoms with Gasteiger partial charge in [0.25, 0.3) is 5.91 Å². The molecule has 1 amide bonds. The van der Waals surface area contributed by atoms with Gasteiger partial charge in [0.1, 0.15) is 35.2 Å². The number of phenolic OH excluding ortho intramolecular Hbond substituents is 1. The van der Waals surface area contributed by atoms with Gasteiger partial charge in [-0.25, -0.2) is 18.7 Å². The third kappa shape index (κ3) is 3.20. The lowest BCUT2D eigenvalue weighted by atomic mass is 9.99. The van der Waals surface area contributed by atoms with Crippen molar-refractivity contribution in [3.05, 3.63) is 77.2 Å². The number of primary amides is 1. The summed E-state index contributed by atoms with van der Waals surface area (Å²) in [4.78, 5) is 35.3. The Morgan fingerprint density at radius 3 is 2.47 bits per heavy atom. The number of benzene rings is 2. The van der Waals surface area contributed by atoms with Gasteiger partial charge in [0.05, 0.1) is 22.1 Å². The number of nitrogens with zero attached hydrogens (tertiary/aromatic N) is 2. The van der Waals surface area contributed by atoms with E-state index in [0.29, 0.717) is 5.69 Å². The van der Waals surface area contributed by atoms with E-state index in [0.717, 1.165) is 12.1 Å². The number of aromatic amines is 1. The van der Waals surface area contributed by atoms with Crippen LogP contribution in [0.1, 0.15) is 26.3 Å². The van der Waals surface area contributed by atoms with E-state index in [9.17, 15) is 23.5 Å². The standard InChI is InChI=1S/C20H13F2N5O3/c21-13-6-5-11(18(23)30)16(22)15(13)17(29)12-7-24-19-14(12)20(26-8-25-19)27-9-1-3-10(28)4-2-9/h1-8,28H,(H2,23,30)(H2,24,25,26,27). The van der Waals surface area contributed by atoms with Gasteiger partial charge in [0, 0.05) is 11.9 Å². The first-order chi connectivity index (χ1) is 14.4. The summed E-state index contributed by atoms with van der Waals surface area (Å²) in [6.07, 6.45) is 2.49. The molecular formula is C20H13F2N5O3. The van der Waals surface area contributed by atoms with Crippen molar-refractivity contribution in [1.29, 1.82) is 0 Å². The van der Waals surface area contributed by atoms with Crippen LogP contribution in [0.3, 0.4) is 0 Å². The fourth-order valence-electron chi connectivity index (χ4n) is 3.00. The molecule has 2 aromatic carbocycles. The number of halogens is 2. The number of fused-ring (bicyclic) bond motifs is 1. The van der Waals surface area contributed by atoms with Crippen LogP contribution in [-0.2, 0) is 0 Å². The maximum Gasteiger partial charge on any atom is 0.251 e. The molecule has 2 heterocycles. The Morgan fingerprint density at radius 1 is 1.03 bits per heavy atom. The van der Waals surface area contributed by atoms with Gasteiger partial charge >= 0.3 is 0 Å². The SMILES string of the molecule is NC(=O)c1ccc(F)c(C(=O)c2c[nH]c3ncnc(Nc4ccc(O)cc4)c23)c1F. The number of rotatable bonds is 5. The molecule has 0 aliphatic rings. The zero-order valence-electron chi connectivity index (χ0n) is 15.1. The quantitative estimate of drug-likeness (QED) is 0.296. The average Bonchev–Trinajstić information content (AvgIpc) is 3.14. The Bertz CT molecular complexity index is 1300. The lowest BCUT2D eigenvalue weighted by molar-refractivity contribution is 0.0996. The van der Waals surface area contributed by atoms with Crippen molar-refractivity contribution in [2.75, 3.05) is 5.32 Å². The summed E-state index contributed by atoms with van der Waals surface area (Å²) in [5.41, 5.74) is 4.28. The third-order valence-corrected chi connectivity index (χ3v) is 4.43. The second-order valence-corrected chi connectivity index (χ2v) is 6.30. The first-order valence-electron chi connectivity index (χ1n) is 8.57. The predicted octanol–water partition coefficient (Wildman–Crippen LogP) is 3.02. The number of aromatic hydroxyl groups is 1. The molecule has 30 heavy (non-hydrogen) atoms. The lowest BCUT2D eigenvalue weighted by Gasteiger charge is -2.09. The molecule has 0 bridgehead atoms. The monoisotopic (exact) mass is 409 g/mol. The highest BCUT2D eigenvalue weighted by molar-refractivity contribution is 6.19. The van der Waals surface area contributed by atoms with E-state index in [1.54, 1.807) is 12.1 Å². The third-order valence-electron chi connectivity index (χ3n) is 4.43. The van der Waals surface area contributed by atoms with Gasteiger partial charge in [-0.2, -0.15) is 0 Å². The van der Waals surface area contributed by atoms with Gasteiger partial charge in [0.15, 0.2) is 0 Å². The Kier molecular flexibility index (Phi) is 4.59. The molecule has 0 radical (unpaired) electrons. The van der Waals surface area contributed by atoms with Crippen LogP contribution < -0.4 is 11.1 Å². The number of ketones is 1. The van der Waals surface area contributed by atoms with Gasteiger partial charge in [0.2, 0.25) is 5.78 Å². The van der Waals surface area contributed by atoms with E-state index >= 15 is 0 Å². The molecule has 0 aliphatic carbocycles. The second-order valence-electron chi connectivity index (χ2n) is 6.30. The Balaban J connectivity index is 1.84. The Labute approximate surface area is 167 Å². The molecule has 0 unspecified atom stereocenters. The summed E-state index contributed by atoms with van der Waals surface area (Å²) >= 11 is 0. The van der Waals surface area contributed by atoms with Crippen LogP contribution in [0.4, 0.5) is 20.3 Å². The number of nitrogens with two attached hydrogens (primary N) is 1. The van der Waals surface area contributed by atoms with E-state index in [1.807, 2.05) is 0 Å². The number of hydrogen-bond donors (Lipinski definition) is 4. The summed E-state index contributed by atoms with van der Waals surface area (Å²) < 4.78 is 29.0. The molecule has 150 valence electrons. The molecule has 10 heteroatoms. The van der Waals surface area contributed by atoms with Crippen LogP contribution in [0.5, 0.6) is 5.75 Å². The molecule has 8 nitrogen and oxygen atoms in total. The fourth-order valence-corrected chi connectivity index (χ4v) is 3.00. The predicted molar refractivity (Wildman–Crippen MR) is 104 cm³/mol. The molecular weight excluding hydrogens is 396 g/mol. The Hall–Kier alpha value is -4.34. The van der Waals surface area contributed by atoms with Crippen molar-refractivity contribution >= 4 is 34.2 Å². The highest BCUT2D eigenvalue weighted by Gasteiger charge is 2.27. The van der Waals surface area contributed by atoms with Crippen molar-refractivity contribution in [2.24, 2.45) is 5.73 Å². The largest absolute Gasteiger partial charge is 0.508 e. The fraction of sp³-hybridized carbons (Fsp3) is 0. The first-order valence-corrected chi connectivity index (χ1v) is 8.57. The zero-order valence-corrected chi connectivity index (χ0v) is 15.1. The number of carbonyl (C=O) groups excluding carboxylic acids is 2. The van der Waals surface area contributed by atoms with E-state index in [4.69, 9.17) is 5.73 Å². The normalized spacial score (nSPS) is 10.9. The zero-order chi connectivity index (χ0) is 21.4. The molecule has 0 spiro atoms. The summed E-state index contributed by atoms with van der Waals surface area (Å²) in [7, 11) is 0. The van der Waals surface area contributed by atoms with Crippen LogP contribution in [0.2, 0.25) is 0 Å². The molecule has 0 saturated carbocycles. The van der Waals surface area contributed by atoms with E-state index in [2.05, 4.69) is 20.3 Å². The van der Waals surface area contributed by atoms with Gasteiger partial charge in [-0.05, 0) is 36.4 Å². The highest BCUT2D eigenvalue weighted by atomic mass is 19.1. The number of amides is 1. The van der Waals surface area contributed by atoms with E-state index in [-0.39, 0.29) is 28.2 Å². The van der Waals surface area contributed by atoms with Crippen LogP contribution in [0, 0.1) is 11.6 Å². The van der Waals surface area contributed by atoms with Crippen LogP contribution in [0.15, 0.2) is 48.9 Å². The number of H-pyrrole nitrogens is 1. The number of aromatic nitrogens is 3. The van der Waals surface area contributed by atoms with Gasteiger partial charge in [-0.3, -0.25) is 9.59 Å². The number of phenols is 1. The molecule has 0 atom stereocenters. The minimum Gasteiger partial charge on any atom is -0.508 e. The molecule has 0 fully saturated rings. The molecule has 5 N–H and O–H groups in total. The molecule has 0 saturated heterocycles. The van der Waals surface area contributed by atoms with Gasteiger partial charge in [-0.15, -0.1) is 0 Å². The van der Waals surface area contributed by atoms with Crippen LogP contribution >= 0.6 is 0 Å². The lowest BCUT2D eigenvalue weighted by Crippen LogP contribution is -2.17. The Morgan fingerprint density at radius 2 is 1.77 bits per heavy atom. The van der Waals surface area contributed by atoms with Crippen molar-refractivity contribution in [2.45, 2.75) is 0 Å². The first kappa shape index (κ1) is 19.0. The van der Waals surface area contributed by atoms with Crippen molar-refractivity contribution in [3.8, 4) is 5.75 Å². The molecule has 4 aromatic rings.